The minimum atomic E-state index is 0.0975. The first-order valence-electron chi connectivity index (χ1n) is 6.57. The van der Waals surface area contributed by atoms with Gasteiger partial charge in [0.2, 0.25) is 0 Å². The highest BCUT2D eigenvalue weighted by molar-refractivity contribution is 6.17. The van der Waals surface area contributed by atoms with E-state index < -0.39 is 0 Å². The third kappa shape index (κ3) is 3.73. The van der Waals surface area contributed by atoms with Crippen LogP contribution < -0.4 is 5.32 Å². The zero-order chi connectivity index (χ0) is 14.0. The molecule has 2 heteroatoms. The summed E-state index contributed by atoms with van der Waals surface area (Å²) in [5.74, 6) is 0. The van der Waals surface area contributed by atoms with Crippen molar-refractivity contribution in [1.29, 1.82) is 0 Å². The number of aryl methyl sites for hydroxylation is 1. The third-order valence-electron chi connectivity index (χ3n) is 3.49. The average Bonchev–Trinajstić information content (AvgIpc) is 2.25. The molecule has 0 fully saturated rings. The maximum absolute atomic E-state index is 5.73. The summed E-state index contributed by atoms with van der Waals surface area (Å²) in [6.45, 7) is 14.4. The highest BCUT2D eigenvalue weighted by atomic mass is 35.5. The van der Waals surface area contributed by atoms with Crippen LogP contribution in [0.4, 0.5) is 0 Å². The summed E-state index contributed by atoms with van der Waals surface area (Å²) in [6, 6.07) is 7.33. The summed E-state index contributed by atoms with van der Waals surface area (Å²) < 4.78 is 0. The number of rotatable bonds is 4. The van der Waals surface area contributed by atoms with E-state index in [-0.39, 0.29) is 10.8 Å². The second-order valence-corrected chi connectivity index (χ2v) is 6.99. The first-order chi connectivity index (χ1) is 8.18. The molecule has 18 heavy (non-hydrogen) atoms. The Morgan fingerprint density at radius 1 is 1.11 bits per heavy atom. The Kier molecular flexibility index (Phi) is 4.85. The summed E-state index contributed by atoms with van der Waals surface area (Å²) in [4.78, 5) is 0. The Morgan fingerprint density at radius 3 is 2.22 bits per heavy atom. The van der Waals surface area contributed by atoms with Gasteiger partial charge in [-0.2, -0.15) is 0 Å². The number of alkyl halides is 1. The van der Waals surface area contributed by atoms with E-state index in [2.05, 4.69) is 65.1 Å². The molecule has 1 N–H and O–H groups in total. The van der Waals surface area contributed by atoms with Crippen LogP contribution in [0.1, 0.15) is 51.3 Å². The van der Waals surface area contributed by atoms with E-state index in [0.717, 1.165) is 6.54 Å². The molecule has 1 aromatic carbocycles. The Morgan fingerprint density at radius 2 is 1.72 bits per heavy atom. The summed E-state index contributed by atoms with van der Waals surface area (Å²) in [6.07, 6.45) is 0. The molecule has 102 valence electrons. The molecule has 0 heterocycles. The smallest absolute Gasteiger partial charge is 0.0713 e. The molecule has 0 aliphatic heterocycles. The lowest BCUT2D eigenvalue weighted by atomic mass is 9.77. The van der Waals surface area contributed by atoms with Crippen molar-refractivity contribution >= 4 is 11.6 Å². The largest absolute Gasteiger partial charge is 0.303 e. The van der Waals surface area contributed by atoms with E-state index in [4.69, 9.17) is 11.6 Å². The Hall–Kier alpha value is -0.530. The third-order valence-corrected chi connectivity index (χ3v) is 3.68. The minimum Gasteiger partial charge on any atom is -0.303 e. The fourth-order valence-corrected chi connectivity index (χ4v) is 2.37. The van der Waals surface area contributed by atoms with Crippen molar-refractivity contribution in [2.75, 3.05) is 12.5 Å². The molecule has 0 amide bonds. The molecule has 1 aromatic rings. The molecule has 0 aliphatic carbocycles. The van der Waals surface area contributed by atoms with Crippen molar-refractivity contribution in [2.24, 2.45) is 0 Å². The molecule has 0 atom stereocenters. The summed E-state index contributed by atoms with van der Waals surface area (Å²) in [5.41, 5.74) is 4.44. The van der Waals surface area contributed by atoms with Gasteiger partial charge in [0.1, 0.15) is 0 Å². The van der Waals surface area contributed by atoms with Gasteiger partial charge in [0.25, 0.3) is 0 Å². The van der Waals surface area contributed by atoms with Crippen LogP contribution in [0.3, 0.4) is 0 Å². The average molecular weight is 268 g/mol. The SMILES string of the molecule is Cc1ccc(C(C)(C)C)cc1C(C)(C)CNCCl. The van der Waals surface area contributed by atoms with E-state index in [1.807, 2.05) is 0 Å². The monoisotopic (exact) mass is 267 g/mol. The second-order valence-electron chi connectivity index (χ2n) is 6.72. The summed E-state index contributed by atoms with van der Waals surface area (Å²) in [5, 5.41) is 3.24. The lowest BCUT2D eigenvalue weighted by molar-refractivity contribution is 0.484. The molecule has 1 rings (SSSR count). The van der Waals surface area contributed by atoms with Gasteiger partial charge in [-0.25, -0.2) is 0 Å². The highest BCUT2D eigenvalue weighted by Gasteiger charge is 2.24. The zero-order valence-electron chi connectivity index (χ0n) is 12.5. The number of nitrogens with one attached hydrogen (secondary N) is 1. The van der Waals surface area contributed by atoms with E-state index in [0.29, 0.717) is 6.00 Å². The van der Waals surface area contributed by atoms with Crippen LogP contribution in [0.15, 0.2) is 18.2 Å². The highest BCUT2D eigenvalue weighted by Crippen LogP contribution is 2.31. The van der Waals surface area contributed by atoms with Gasteiger partial charge in [-0.15, -0.1) is 11.6 Å². The van der Waals surface area contributed by atoms with Crippen LogP contribution in [0.2, 0.25) is 0 Å². The number of hydrogen-bond acceptors (Lipinski definition) is 1. The van der Waals surface area contributed by atoms with Gasteiger partial charge >= 0.3 is 0 Å². The fourth-order valence-electron chi connectivity index (χ4n) is 2.27. The lowest BCUT2D eigenvalue weighted by Crippen LogP contribution is -2.33. The molecule has 1 nitrogen and oxygen atoms in total. The first kappa shape index (κ1) is 15.5. The molecule has 0 radical (unpaired) electrons. The quantitative estimate of drug-likeness (QED) is 0.632. The Balaban J connectivity index is 3.15. The van der Waals surface area contributed by atoms with Crippen molar-refractivity contribution in [1.82, 2.24) is 5.32 Å². The first-order valence-corrected chi connectivity index (χ1v) is 7.10. The molecule has 0 unspecified atom stereocenters. The van der Waals surface area contributed by atoms with Crippen molar-refractivity contribution in [3.8, 4) is 0 Å². The fraction of sp³-hybridized carbons (Fsp3) is 0.625. The van der Waals surface area contributed by atoms with Gasteiger partial charge in [0, 0.05) is 12.0 Å². The normalized spacial score (nSPS) is 12.8. The van der Waals surface area contributed by atoms with Crippen molar-refractivity contribution in [3.05, 3.63) is 34.9 Å². The molecule has 0 aliphatic rings. The van der Waals surface area contributed by atoms with Gasteiger partial charge < -0.3 is 5.32 Å². The van der Waals surface area contributed by atoms with Crippen LogP contribution >= 0.6 is 11.6 Å². The van der Waals surface area contributed by atoms with Crippen LogP contribution in [-0.4, -0.2) is 12.5 Å². The molecule has 0 saturated carbocycles. The lowest BCUT2D eigenvalue weighted by Gasteiger charge is -2.30. The second kappa shape index (κ2) is 5.63. The van der Waals surface area contributed by atoms with Gasteiger partial charge in [0.05, 0.1) is 6.00 Å². The zero-order valence-corrected chi connectivity index (χ0v) is 13.3. The van der Waals surface area contributed by atoms with E-state index in [9.17, 15) is 0 Å². The van der Waals surface area contributed by atoms with Crippen LogP contribution in [0.5, 0.6) is 0 Å². The number of halogens is 1. The predicted octanol–water partition coefficient (Wildman–Crippen LogP) is 4.36. The van der Waals surface area contributed by atoms with Crippen molar-refractivity contribution in [2.45, 2.75) is 52.4 Å². The molecule has 0 bridgehead atoms. The van der Waals surface area contributed by atoms with Gasteiger partial charge in [-0.3, -0.25) is 0 Å². The van der Waals surface area contributed by atoms with Gasteiger partial charge in [0.15, 0.2) is 0 Å². The Bertz CT molecular complexity index is 402. The standard InChI is InChI=1S/C16H26ClN/c1-12-7-8-13(15(2,3)4)9-14(12)16(5,6)10-18-11-17/h7-9,18H,10-11H2,1-6H3. The van der Waals surface area contributed by atoms with Gasteiger partial charge in [-0.1, -0.05) is 52.8 Å². The predicted molar refractivity (Wildman–Crippen MR) is 81.6 cm³/mol. The maximum atomic E-state index is 5.73. The Labute approximate surface area is 117 Å². The van der Waals surface area contributed by atoms with E-state index in [1.54, 1.807) is 0 Å². The summed E-state index contributed by atoms with van der Waals surface area (Å²) >= 11 is 5.73. The maximum Gasteiger partial charge on any atom is 0.0713 e. The molecule has 0 aromatic heterocycles. The van der Waals surface area contributed by atoms with Crippen LogP contribution in [-0.2, 0) is 10.8 Å². The molecular formula is C16H26ClN. The number of hydrogen-bond donors (Lipinski definition) is 1. The molecular weight excluding hydrogens is 242 g/mol. The molecule has 0 saturated heterocycles. The van der Waals surface area contributed by atoms with Crippen LogP contribution in [0.25, 0.3) is 0 Å². The van der Waals surface area contributed by atoms with Crippen molar-refractivity contribution in [3.63, 3.8) is 0 Å². The number of benzene rings is 1. The van der Waals surface area contributed by atoms with E-state index >= 15 is 0 Å². The van der Waals surface area contributed by atoms with Gasteiger partial charge in [-0.05, 0) is 29.0 Å². The minimum absolute atomic E-state index is 0.0975. The van der Waals surface area contributed by atoms with Crippen molar-refractivity contribution < 1.29 is 0 Å². The molecule has 0 spiro atoms. The van der Waals surface area contributed by atoms with Crippen LogP contribution in [0, 0.1) is 6.92 Å². The van der Waals surface area contributed by atoms with E-state index in [1.165, 1.54) is 16.7 Å². The summed E-state index contributed by atoms with van der Waals surface area (Å²) in [7, 11) is 0. The topological polar surface area (TPSA) is 12.0 Å².